The van der Waals surface area contributed by atoms with E-state index in [1.165, 1.54) is 12.2 Å². The van der Waals surface area contributed by atoms with Gasteiger partial charge in [-0.15, -0.1) is 0 Å². The Bertz CT molecular complexity index is 866. The summed E-state index contributed by atoms with van der Waals surface area (Å²) in [5, 5.41) is 0. The first-order chi connectivity index (χ1) is 14.6. The summed E-state index contributed by atoms with van der Waals surface area (Å²) in [6.45, 7) is -0.184. The fraction of sp³-hybridized carbons (Fsp3) is 0.167. The summed E-state index contributed by atoms with van der Waals surface area (Å²) < 4.78 is 20.0. The SMILES string of the molecule is COc1ccc(C=CC(=O)OCC#CCOC(=O)C=Cc2ccc(OC)cc2)cc1. The van der Waals surface area contributed by atoms with Crippen molar-refractivity contribution < 1.29 is 28.5 Å². The molecule has 2 rings (SSSR count). The number of hydrogen-bond donors (Lipinski definition) is 0. The van der Waals surface area contributed by atoms with Crippen molar-refractivity contribution in [3.8, 4) is 23.3 Å². The zero-order valence-corrected chi connectivity index (χ0v) is 16.8. The van der Waals surface area contributed by atoms with Crippen LogP contribution in [0.5, 0.6) is 11.5 Å². The van der Waals surface area contributed by atoms with Crippen molar-refractivity contribution in [2.24, 2.45) is 0 Å². The van der Waals surface area contributed by atoms with Gasteiger partial charge in [-0.05, 0) is 47.5 Å². The largest absolute Gasteiger partial charge is 0.497 e. The van der Waals surface area contributed by atoms with Gasteiger partial charge in [0.05, 0.1) is 14.2 Å². The van der Waals surface area contributed by atoms with Crippen LogP contribution in [-0.4, -0.2) is 39.4 Å². The molecule has 0 heterocycles. The lowest BCUT2D eigenvalue weighted by Crippen LogP contribution is -2.02. The van der Waals surface area contributed by atoms with E-state index in [9.17, 15) is 9.59 Å². The summed E-state index contributed by atoms with van der Waals surface area (Å²) in [7, 11) is 3.17. The Morgan fingerprint density at radius 2 is 1.07 bits per heavy atom. The van der Waals surface area contributed by atoms with Gasteiger partial charge in [-0.25, -0.2) is 9.59 Å². The second-order valence-electron chi connectivity index (χ2n) is 5.78. The maximum Gasteiger partial charge on any atom is 0.331 e. The summed E-state index contributed by atoms with van der Waals surface area (Å²) >= 11 is 0. The predicted octanol–water partition coefficient (Wildman–Crippen LogP) is 3.52. The lowest BCUT2D eigenvalue weighted by molar-refractivity contribution is -0.137. The minimum atomic E-state index is -0.514. The third-order valence-corrected chi connectivity index (χ3v) is 3.75. The predicted molar refractivity (Wildman–Crippen MR) is 114 cm³/mol. The number of esters is 2. The van der Waals surface area contributed by atoms with E-state index in [4.69, 9.17) is 18.9 Å². The molecule has 0 saturated heterocycles. The van der Waals surface area contributed by atoms with Crippen LogP contribution in [0.15, 0.2) is 60.7 Å². The Morgan fingerprint density at radius 1 is 0.700 bits per heavy atom. The maximum absolute atomic E-state index is 11.6. The highest BCUT2D eigenvalue weighted by molar-refractivity contribution is 5.87. The average molecular weight is 406 g/mol. The van der Waals surface area contributed by atoms with Gasteiger partial charge in [0, 0.05) is 12.2 Å². The molecule has 2 aromatic rings. The summed E-state index contributed by atoms with van der Waals surface area (Å²) in [4.78, 5) is 23.3. The van der Waals surface area contributed by atoms with E-state index in [1.807, 2.05) is 24.3 Å². The third-order valence-electron chi connectivity index (χ3n) is 3.75. The topological polar surface area (TPSA) is 71.1 Å². The molecule has 0 aliphatic rings. The Morgan fingerprint density at radius 3 is 1.40 bits per heavy atom. The zero-order chi connectivity index (χ0) is 21.6. The molecule has 0 aliphatic carbocycles. The number of benzene rings is 2. The van der Waals surface area contributed by atoms with Crippen molar-refractivity contribution in [3.63, 3.8) is 0 Å². The van der Waals surface area contributed by atoms with Crippen LogP contribution < -0.4 is 9.47 Å². The van der Waals surface area contributed by atoms with Gasteiger partial charge in [-0.3, -0.25) is 0 Å². The highest BCUT2D eigenvalue weighted by atomic mass is 16.5. The second kappa shape index (κ2) is 12.5. The molecule has 6 heteroatoms. The van der Waals surface area contributed by atoms with Crippen LogP contribution in [0.1, 0.15) is 11.1 Å². The van der Waals surface area contributed by atoms with E-state index in [1.54, 1.807) is 50.6 Å². The lowest BCUT2D eigenvalue weighted by atomic mass is 10.2. The van der Waals surface area contributed by atoms with Gasteiger partial charge in [0.2, 0.25) is 0 Å². The number of ether oxygens (including phenoxy) is 4. The minimum absolute atomic E-state index is 0.0922. The number of hydrogen-bond acceptors (Lipinski definition) is 6. The highest BCUT2D eigenvalue weighted by Gasteiger charge is 1.97. The van der Waals surface area contributed by atoms with E-state index in [2.05, 4.69) is 11.8 Å². The molecule has 0 radical (unpaired) electrons. The molecule has 30 heavy (non-hydrogen) atoms. The molecule has 0 fully saturated rings. The van der Waals surface area contributed by atoms with Gasteiger partial charge >= 0.3 is 11.9 Å². The van der Waals surface area contributed by atoms with Crippen LogP contribution in [-0.2, 0) is 19.1 Å². The molecule has 0 N–H and O–H groups in total. The van der Waals surface area contributed by atoms with Crippen LogP contribution in [0.2, 0.25) is 0 Å². The minimum Gasteiger partial charge on any atom is -0.497 e. The molecule has 0 saturated carbocycles. The first-order valence-corrected chi connectivity index (χ1v) is 9.04. The van der Waals surface area contributed by atoms with Crippen molar-refractivity contribution in [3.05, 3.63) is 71.8 Å². The molecule has 154 valence electrons. The molecule has 6 nitrogen and oxygen atoms in total. The standard InChI is InChI=1S/C24H22O6/c1-27-21-11-5-19(6-12-21)9-15-23(25)29-17-3-4-18-30-24(26)16-10-20-7-13-22(28-2)14-8-20/h5-16H,17-18H2,1-2H3. The molecule has 0 aliphatic heterocycles. The van der Waals surface area contributed by atoms with Gasteiger partial charge < -0.3 is 18.9 Å². The van der Waals surface area contributed by atoms with Crippen molar-refractivity contribution in [2.45, 2.75) is 0 Å². The number of rotatable bonds is 8. The van der Waals surface area contributed by atoms with Gasteiger partial charge in [0.1, 0.15) is 11.5 Å². The molecule has 0 aromatic heterocycles. The molecule has 0 spiro atoms. The Kier molecular flexibility index (Phi) is 9.28. The zero-order valence-electron chi connectivity index (χ0n) is 16.8. The van der Waals surface area contributed by atoms with Crippen molar-refractivity contribution >= 4 is 24.1 Å². The van der Waals surface area contributed by atoms with Gasteiger partial charge in [-0.1, -0.05) is 36.1 Å². The Hall–Kier alpha value is -3.98. The number of methoxy groups -OCH3 is 2. The summed E-state index contributed by atoms with van der Waals surface area (Å²) in [5.41, 5.74) is 1.68. The fourth-order valence-corrected chi connectivity index (χ4v) is 2.17. The van der Waals surface area contributed by atoms with Crippen LogP contribution in [0.4, 0.5) is 0 Å². The van der Waals surface area contributed by atoms with Crippen LogP contribution >= 0.6 is 0 Å². The summed E-state index contributed by atoms with van der Waals surface area (Å²) in [5.74, 6) is 5.67. The Labute approximate surface area is 175 Å². The van der Waals surface area contributed by atoms with Gasteiger partial charge in [-0.2, -0.15) is 0 Å². The van der Waals surface area contributed by atoms with Crippen LogP contribution in [0.25, 0.3) is 12.2 Å². The fourth-order valence-electron chi connectivity index (χ4n) is 2.17. The van der Waals surface area contributed by atoms with Crippen LogP contribution in [0, 0.1) is 11.8 Å². The summed E-state index contributed by atoms with van der Waals surface area (Å²) in [6, 6.07) is 14.5. The molecule has 0 unspecified atom stereocenters. The van der Waals surface area contributed by atoms with Crippen molar-refractivity contribution in [1.29, 1.82) is 0 Å². The van der Waals surface area contributed by atoms with E-state index in [0.717, 1.165) is 22.6 Å². The molecular formula is C24H22O6. The van der Waals surface area contributed by atoms with E-state index >= 15 is 0 Å². The number of carbonyl (C=O) groups is 2. The van der Waals surface area contributed by atoms with Gasteiger partial charge in [0.15, 0.2) is 13.2 Å². The first-order valence-electron chi connectivity index (χ1n) is 9.04. The quantitative estimate of drug-likeness (QED) is 0.380. The molecule has 0 atom stereocenters. The monoisotopic (exact) mass is 406 g/mol. The second-order valence-corrected chi connectivity index (χ2v) is 5.78. The van der Waals surface area contributed by atoms with E-state index < -0.39 is 11.9 Å². The van der Waals surface area contributed by atoms with Gasteiger partial charge in [0.25, 0.3) is 0 Å². The molecule has 0 bridgehead atoms. The molecular weight excluding hydrogens is 384 g/mol. The third kappa shape index (κ3) is 8.36. The van der Waals surface area contributed by atoms with Crippen molar-refractivity contribution in [1.82, 2.24) is 0 Å². The highest BCUT2D eigenvalue weighted by Crippen LogP contribution is 2.13. The maximum atomic E-state index is 11.6. The summed E-state index contributed by atoms with van der Waals surface area (Å²) in [6.07, 6.45) is 5.89. The van der Waals surface area contributed by atoms with E-state index in [0.29, 0.717) is 0 Å². The normalized spacial score (nSPS) is 10.3. The lowest BCUT2D eigenvalue weighted by Gasteiger charge is -1.99. The van der Waals surface area contributed by atoms with Crippen molar-refractivity contribution in [2.75, 3.05) is 27.4 Å². The average Bonchev–Trinajstić information content (AvgIpc) is 2.79. The molecule has 2 aromatic carbocycles. The number of carbonyl (C=O) groups excluding carboxylic acids is 2. The van der Waals surface area contributed by atoms with E-state index in [-0.39, 0.29) is 13.2 Å². The molecule has 0 amide bonds. The Balaban J connectivity index is 1.65. The van der Waals surface area contributed by atoms with Crippen LogP contribution in [0.3, 0.4) is 0 Å². The smallest absolute Gasteiger partial charge is 0.331 e. The first kappa shape index (κ1) is 22.3.